The number of aliphatic hydroxyl groups excluding tert-OH is 1. The van der Waals surface area contributed by atoms with E-state index in [0.717, 1.165) is 11.4 Å². The molecule has 2 rings (SSSR count). The van der Waals surface area contributed by atoms with Gasteiger partial charge in [0.1, 0.15) is 5.82 Å². The zero-order chi connectivity index (χ0) is 10.7. The SMILES string of the molecule is Cc1cccc(-c2nccn2CCO)c1. The quantitative estimate of drug-likeness (QED) is 0.824. The summed E-state index contributed by atoms with van der Waals surface area (Å²) < 4.78 is 1.95. The molecule has 15 heavy (non-hydrogen) atoms. The maximum atomic E-state index is 8.92. The lowest BCUT2D eigenvalue weighted by atomic mass is 10.1. The van der Waals surface area contributed by atoms with Crippen LogP contribution in [-0.4, -0.2) is 21.3 Å². The summed E-state index contributed by atoms with van der Waals surface area (Å²) in [6.45, 7) is 2.78. The van der Waals surface area contributed by atoms with Crippen LogP contribution in [0.5, 0.6) is 0 Å². The third kappa shape index (κ3) is 2.07. The third-order valence-electron chi connectivity index (χ3n) is 2.33. The maximum Gasteiger partial charge on any atom is 0.139 e. The van der Waals surface area contributed by atoms with Crippen LogP contribution in [0.25, 0.3) is 11.4 Å². The Morgan fingerprint density at radius 3 is 3.00 bits per heavy atom. The fraction of sp³-hybridized carbons (Fsp3) is 0.250. The molecule has 0 aliphatic heterocycles. The molecule has 0 spiro atoms. The van der Waals surface area contributed by atoms with E-state index in [4.69, 9.17) is 5.11 Å². The largest absolute Gasteiger partial charge is 0.395 e. The summed E-state index contributed by atoms with van der Waals surface area (Å²) in [7, 11) is 0. The molecule has 1 aromatic carbocycles. The van der Waals surface area contributed by atoms with Crippen molar-refractivity contribution < 1.29 is 5.11 Å². The van der Waals surface area contributed by atoms with E-state index >= 15 is 0 Å². The van der Waals surface area contributed by atoms with Crippen molar-refractivity contribution in [1.82, 2.24) is 9.55 Å². The molecule has 78 valence electrons. The van der Waals surface area contributed by atoms with Crippen molar-refractivity contribution in [1.29, 1.82) is 0 Å². The van der Waals surface area contributed by atoms with Crippen LogP contribution in [0.3, 0.4) is 0 Å². The molecule has 1 N–H and O–H groups in total. The molecule has 0 saturated carbocycles. The second-order valence-corrected chi connectivity index (χ2v) is 3.54. The summed E-state index contributed by atoms with van der Waals surface area (Å²) in [4.78, 5) is 4.30. The fourth-order valence-corrected chi connectivity index (χ4v) is 1.64. The van der Waals surface area contributed by atoms with E-state index in [9.17, 15) is 0 Å². The van der Waals surface area contributed by atoms with Gasteiger partial charge in [-0.25, -0.2) is 4.98 Å². The van der Waals surface area contributed by atoms with Gasteiger partial charge in [-0.2, -0.15) is 0 Å². The summed E-state index contributed by atoms with van der Waals surface area (Å²) in [5, 5.41) is 8.92. The minimum absolute atomic E-state index is 0.134. The van der Waals surface area contributed by atoms with Gasteiger partial charge in [0.2, 0.25) is 0 Å². The number of benzene rings is 1. The first-order valence-corrected chi connectivity index (χ1v) is 5.00. The highest BCUT2D eigenvalue weighted by atomic mass is 16.3. The van der Waals surface area contributed by atoms with E-state index in [1.54, 1.807) is 6.20 Å². The van der Waals surface area contributed by atoms with Gasteiger partial charge in [-0.05, 0) is 13.0 Å². The number of imidazole rings is 1. The van der Waals surface area contributed by atoms with E-state index in [-0.39, 0.29) is 6.61 Å². The Hall–Kier alpha value is -1.61. The topological polar surface area (TPSA) is 38.0 Å². The Morgan fingerprint density at radius 2 is 2.27 bits per heavy atom. The zero-order valence-corrected chi connectivity index (χ0v) is 8.72. The monoisotopic (exact) mass is 202 g/mol. The lowest BCUT2D eigenvalue weighted by Gasteiger charge is -2.06. The van der Waals surface area contributed by atoms with Crippen LogP contribution in [0.1, 0.15) is 5.56 Å². The summed E-state index contributed by atoms with van der Waals surface area (Å²) in [6, 6.07) is 8.20. The molecule has 3 heteroatoms. The first kappa shape index (κ1) is 9.93. The van der Waals surface area contributed by atoms with Crippen molar-refractivity contribution in [3.63, 3.8) is 0 Å². The lowest BCUT2D eigenvalue weighted by Crippen LogP contribution is -2.02. The predicted molar refractivity (Wildman–Crippen MR) is 59.5 cm³/mol. The smallest absolute Gasteiger partial charge is 0.139 e. The van der Waals surface area contributed by atoms with Crippen molar-refractivity contribution in [3.8, 4) is 11.4 Å². The zero-order valence-electron chi connectivity index (χ0n) is 8.72. The van der Waals surface area contributed by atoms with Gasteiger partial charge in [0.15, 0.2) is 0 Å². The minimum Gasteiger partial charge on any atom is -0.395 e. The van der Waals surface area contributed by atoms with Crippen LogP contribution in [0, 0.1) is 6.92 Å². The average Bonchev–Trinajstić information content (AvgIpc) is 2.66. The Kier molecular flexibility index (Phi) is 2.83. The summed E-state index contributed by atoms with van der Waals surface area (Å²) in [6.07, 6.45) is 3.64. The van der Waals surface area contributed by atoms with E-state index in [2.05, 4.69) is 24.0 Å². The second kappa shape index (κ2) is 4.28. The first-order valence-electron chi connectivity index (χ1n) is 5.00. The number of aliphatic hydroxyl groups is 1. The van der Waals surface area contributed by atoms with Gasteiger partial charge in [0.25, 0.3) is 0 Å². The second-order valence-electron chi connectivity index (χ2n) is 3.54. The number of aryl methyl sites for hydroxylation is 1. The fourth-order valence-electron chi connectivity index (χ4n) is 1.64. The van der Waals surface area contributed by atoms with Crippen molar-refractivity contribution in [2.24, 2.45) is 0 Å². The molecule has 0 aliphatic carbocycles. The van der Waals surface area contributed by atoms with Gasteiger partial charge < -0.3 is 9.67 Å². The molecule has 0 bridgehead atoms. The average molecular weight is 202 g/mol. The molecule has 0 saturated heterocycles. The highest BCUT2D eigenvalue weighted by molar-refractivity contribution is 5.56. The molecule has 0 atom stereocenters. The van der Waals surface area contributed by atoms with Gasteiger partial charge in [-0.1, -0.05) is 23.8 Å². The molecule has 2 aromatic rings. The molecule has 0 radical (unpaired) electrons. The number of hydrogen-bond donors (Lipinski definition) is 1. The number of nitrogens with zero attached hydrogens (tertiary/aromatic N) is 2. The van der Waals surface area contributed by atoms with E-state index in [1.165, 1.54) is 5.56 Å². The lowest BCUT2D eigenvalue weighted by molar-refractivity contribution is 0.276. The van der Waals surface area contributed by atoms with Crippen LogP contribution in [-0.2, 0) is 6.54 Å². The first-order chi connectivity index (χ1) is 7.31. The Balaban J connectivity index is 2.40. The summed E-state index contributed by atoms with van der Waals surface area (Å²) >= 11 is 0. The molecule has 3 nitrogen and oxygen atoms in total. The van der Waals surface area contributed by atoms with E-state index < -0.39 is 0 Å². The number of hydrogen-bond acceptors (Lipinski definition) is 2. The minimum atomic E-state index is 0.134. The number of rotatable bonds is 3. The molecule has 0 fully saturated rings. The summed E-state index contributed by atoms with van der Waals surface area (Å²) in [5.41, 5.74) is 2.31. The van der Waals surface area contributed by atoms with Gasteiger partial charge in [0.05, 0.1) is 6.61 Å². The predicted octanol–water partition coefficient (Wildman–Crippen LogP) is 1.85. The van der Waals surface area contributed by atoms with Gasteiger partial charge in [-0.15, -0.1) is 0 Å². The van der Waals surface area contributed by atoms with E-state index in [1.807, 2.05) is 22.9 Å². The highest BCUT2D eigenvalue weighted by Gasteiger charge is 2.04. The van der Waals surface area contributed by atoms with Gasteiger partial charge in [-0.3, -0.25) is 0 Å². The van der Waals surface area contributed by atoms with Crippen LogP contribution < -0.4 is 0 Å². The van der Waals surface area contributed by atoms with Crippen LogP contribution >= 0.6 is 0 Å². The molecular formula is C12H14N2O. The van der Waals surface area contributed by atoms with Crippen LogP contribution in [0.15, 0.2) is 36.7 Å². The molecule has 0 aliphatic rings. The molecule has 0 amide bonds. The molecule has 1 heterocycles. The maximum absolute atomic E-state index is 8.92. The van der Waals surface area contributed by atoms with E-state index in [0.29, 0.717) is 6.54 Å². The van der Waals surface area contributed by atoms with Crippen molar-refractivity contribution in [2.45, 2.75) is 13.5 Å². The third-order valence-corrected chi connectivity index (χ3v) is 2.33. The Labute approximate surface area is 89.0 Å². The molecule has 1 aromatic heterocycles. The molecular weight excluding hydrogens is 188 g/mol. The van der Waals surface area contributed by atoms with Gasteiger partial charge in [0, 0.05) is 24.5 Å². The van der Waals surface area contributed by atoms with Crippen LogP contribution in [0.4, 0.5) is 0 Å². The Bertz CT molecular complexity index is 448. The van der Waals surface area contributed by atoms with Gasteiger partial charge >= 0.3 is 0 Å². The number of aromatic nitrogens is 2. The Morgan fingerprint density at radius 1 is 1.40 bits per heavy atom. The van der Waals surface area contributed by atoms with Crippen molar-refractivity contribution >= 4 is 0 Å². The molecule has 0 unspecified atom stereocenters. The summed E-state index contributed by atoms with van der Waals surface area (Å²) in [5.74, 6) is 0.910. The highest BCUT2D eigenvalue weighted by Crippen LogP contribution is 2.18. The van der Waals surface area contributed by atoms with Crippen molar-refractivity contribution in [2.75, 3.05) is 6.61 Å². The van der Waals surface area contributed by atoms with Crippen molar-refractivity contribution in [3.05, 3.63) is 42.2 Å². The van der Waals surface area contributed by atoms with Crippen LogP contribution in [0.2, 0.25) is 0 Å². The standard InChI is InChI=1S/C12H14N2O/c1-10-3-2-4-11(9-10)12-13-5-6-14(12)7-8-15/h2-6,9,15H,7-8H2,1H3. The normalized spacial score (nSPS) is 10.5.